The van der Waals surface area contributed by atoms with Crippen molar-refractivity contribution in [3.63, 3.8) is 0 Å². The van der Waals surface area contributed by atoms with Crippen LogP contribution in [0.3, 0.4) is 0 Å². The van der Waals surface area contributed by atoms with Gasteiger partial charge in [-0.25, -0.2) is 0 Å². The van der Waals surface area contributed by atoms with Crippen LogP contribution < -0.4 is 20.1 Å². The van der Waals surface area contributed by atoms with Crippen molar-refractivity contribution in [2.75, 3.05) is 18.7 Å². The monoisotopic (exact) mass is 388 g/mol. The van der Waals surface area contributed by atoms with E-state index in [0.717, 1.165) is 11.3 Å². The van der Waals surface area contributed by atoms with E-state index in [2.05, 4.69) is 10.6 Å². The molecule has 0 saturated carbocycles. The number of hydrogen-bond acceptors (Lipinski definition) is 5. The minimum absolute atomic E-state index is 0.113. The van der Waals surface area contributed by atoms with Gasteiger partial charge in [0.15, 0.2) is 17.3 Å². The second kappa shape index (κ2) is 8.58. The lowest BCUT2D eigenvalue weighted by molar-refractivity contribution is -0.115. The topological polar surface area (TPSA) is 76.7 Å². The van der Waals surface area contributed by atoms with Gasteiger partial charge in [0.2, 0.25) is 12.7 Å². The van der Waals surface area contributed by atoms with Crippen LogP contribution in [0.4, 0.5) is 5.69 Å². The van der Waals surface area contributed by atoms with Crippen LogP contribution in [0.5, 0.6) is 11.5 Å². The summed E-state index contributed by atoms with van der Waals surface area (Å²) in [4.78, 5) is 25.1. The van der Waals surface area contributed by atoms with E-state index in [4.69, 9.17) is 9.47 Å². The van der Waals surface area contributed by atoms with Crippen molar-refractivity contribution in [2.24, 2.45) is 0 Å². The second-order valence-electron chi connectivity index (χ2n) is 6.58. The highest BCUT2D eigenvalue weighted by Gasteiger charge is 2.15. The summed E-state index contributed by atoms with van der Waals surface area (Å²) in [6.45, 7) is 0.854. The molecule has 146 valence electrons. The van der Waals surface area contributed by atoms with Crippen LogP contribution in [0.2, 0.25) is 0 Å². The molecule has 1 aliphatic rings. The van der Waals surface area contributed by atoms with Crippen molar-refractivity contribution < 1.29 is 19.1 Å². The lowest BCUT2D eigenvalue weighted by Crippen LogP contribution is -2.28. The van der Waals surface area contributed by atoms with Gasteiger partial charge < -0.3 is 20.1 Å². The Morgan fingerprint density at radius 2 is 1.62 bits per heavy atom. The molecule has 0 fully saturated rings. The van der Waals surface area contributed by atoms with Gasteiger partial charge in [-0.2, -0.15) is 0 Å². The number of carbonyl (C=O) groups excluding carboxylic acids is 2. The molecule has 6 heteroatoms. The zero-order valence-corrected chi connectivity index (χ0v) is 15.7. The number of para-hydroxylation sites is 1. The summed E-state index contributed by atoms with van der Waals surface area (Å²) in [5.41, 5.74) is 2.52. The number of anilines is 1. The summed E-state index contributed by atoms with van der Waals surface area (Å²) in [5, 5.41) is 5.92. The van der Waals surface area contributed by atoms with Gasteiger partial charge >= 0.3 is 0 Å². The van der Waals surface area contributed by atoms with Crippen LogP contribution in [0.15, 0.2) is 72.8 Å². The molecule has 4 rings (SSSR count). The number of amides is 1. The third-order valence-corrected chi connectivity index (χ3v) is 4.53. The highest BCUT2D eigenvalue weighted by Crippen LogP contribution is 2.32. The van der Waals surface area contributed by atoms with Crippen molar-refractivity contribution in [1.29, 1.82) is 0 Å². The first-order valence-corrected chi connectivity index (χ1v) is 9.28. The molecule has 29 heavy (non-hydrogen) atoms. The zero-order chi connectivity index (χ0) is 20.1. The largest absolute Gasteiger partial charge is 0.454 e. The van der Waals surface area contributed by atoms with E-state index in [1.54, 1.807) is 36.4 Å². The van der Waals surface area contributed by atoms with Gasteiger partial charge in [0, 0.05) is 17.7 Å². The summed E-state index contributed by atoms with van der Waals surface area (Å²) in [6, 6.07) is 21.7. The first kappa shape index (κ1) is 18.7. The molecule has 3 aromatic carbocycles. The van der Waals surface area contributed by atoms with Crippen molar-refractivity contribution >= 4 is 17.4 Å². The van der Waals surface area contributed by atoms with Crippen LogP contribution in [0.25, 0.3) is 0 Å². The lowest BCUT2D eigenvalue weighted by atomic mass is 10.0. The molecular weight excluding hydrogens is 368 g/mol. The molecule has 0 aromatic heterocycles. The molecule has 1 amide bonds. The van der Waals surface area contributed by atoms with Gasteiger partial charge in [0.25, 0.3) is 0 Å². The molecule has 2 N–H and O–H groups in total. The Balaban J connectivity index is 1.36. The molecule has 0 spiro atoms. The Bertz CT molecular complexity index is 1030. The predicted molar refractivity (Wildman–Crippen MR) is 109 cm³/mol. The molecule has 1 aliphatic heterocycles. The molecule has 3 aromatic rings. The lowest BCUT2D eigenvalue weighted by Gasteiger charge is -2.11. The second-order valence-corrected chi connectivity index (χ2v) is 6.58. The molecule has 0 saturated heterocycles. The quantitative estimate of drug-likeness (QED) is 0.607. The van der Waals surface area contributed by atoms with E-state index < -0.39 is 0 Å². The number of carbonyl (C=O) groups is 2. The van der Waals surface area contributed by atoms with Crippen LogP contribution in [-0.2, 0) is 11.3 Å². The Kier molecular flexibility index (Phi) is 5.54. The van der Waals surface area contributed by atoms with Crippen molar-refractivity contribution in [1.82, 2.24) is 5.32 Å². The molecule has 0 atom stereocenters. The van der Waals surface area contributed by atoms with E-state index in [0.29, 0.717) is 29.1 Å². The van der Waals surface area contributed by atoms with Gasteiger partial charge in [-0.1, -0.05) is 48.5 Å². The van der Waals surface area contributed by atoms with Crippen LogP contribution in [-0.4, -0.2) is 25.0 Å². The van der Waals surface area contributed by atoms with E-state index >= 15 is 0 Å². The fourth-order valence-electron chi connectivity index (χ4n) is 3.10. The minimum Gasteiger partial charge on any atom is -0.454 e. The maximum absolute atomic E-state index is 12.8. The fourth-order valence-corrected chi connectivity index (χ4v) is 3.10. The molecule has 1 heterocycles. The van der Waals surface area contributed by atoms with Gasteiger partial charge in [-0.3, -0.25) is 9.59 Å². The normalized spacial score (nSPS) is 11.9. The Morgan fingerprint density at radius 3 is 2.48 bits per heavy atom. The summed E-state index contributed by atoms with van der Waals surface area (Å²) in [5.74, 6) is 1.09. The predicted octanol–water partition coefficient (Wildman–Crippen LogP) is 3.37. The number of ketones is 1. The van der Waals surface area contributed by atoms with Crippen LogP contribution in [0.1, 0.15) is 21.5 Å². The highest BCUT2D eigenvalue weighted by molar-refractivity contribution is 6.13. The summed E-state index contributed by atoms with van der Waals surface area (Å²) in [6.07, 6.45) is 0. The van der Waals surface area contributed by atoms with Crippen molar-refractivity contribution in [3.8, 4) is 11.5 Å². The number of benzene rings is 3. The van der Waals surface area contributed by atoms with E-state index in [1.807, 2.05) is 36.4 Å². The third-order valence-electron chi connectivity index (χ3n) is 4.53. The SMILES string of the molecule is O=C(CNCc1ccc2c(c1)OCO2)Nc1ccccc1C(=O)c1ccccc1. The van der Waals surface area contributed by atoms with Gasteiger partial charge in [0.05, 0.1) is 12.2 Å². The van der Waals surface area contributed by atoms with Gasteiger partial charge in [0.1, 0.15) is 0 Å². The van der Waals surface area contributed by atoms with E-state index in [9.17, 15) is 9.59 Å². The average Bonchev–Trinajstić information content (AvgIpc) is 3.22. The summed E-state index contributed by atoms with van der Waals surface area (Å²) < 4.78 is 10.6. The highest BCUT2D eigenvalue weighted by atomic mass is 16.7. The molecular formula is C23H20N2O4. The standard InChI is InChI=1S/C23H20N2O4/c26-22(14-24-13-16-10-11-20-21(12-16)29-15-28-20)25-19-9-5-4-8-18(19)23(27)17-6-2-1-3-7-17/h1-12,24H,13-15H2,(H,25,26). The zero-order valence-electron chi connectivity index (χ0n) is 15.7. The maximum Gasteiger partial charge on any atom is 0.238 e. The summed E-state index contributed by atoms with van der Waals surface area (Å²) >= 11 is 0. The number of ether oxygens (including phenoxy) is 2. The van der Waals surface area contributed by atoms with Crippen LogP contribution in [0, 0.1) is 0 Å². The molecule has 0 aliphatic carbocycles. The van der Waals surface area contributed by atoms with E-state index in [1.165, 1.54) is 0 Å². The third kappa shape index (κ3) is 4.44. The molecule has 0 bridgehead atoms. The minimum atomic E-state index is -0.223. The Labute approximate surface area is 168 Å². The first-order valence-electron chi connectivity index (χ1n) is 9.28. The van der Waals surface area contributed by atoms with Crippen molar-refractivity contribution in [2.45, 2.75) is 6.54 Å². The Morgan fingerprint density at radius 1 is 0.862 bits per heavy atom. The number of hydrogen-bond donors (Lipinski definition) is 2. The van der Waals surface area contributed by atoms with Crippen LogP contribution >= 0.6 is 0 Å². The maximum atomic E-state index is 12.8. The van der Waals surface area contributed by atoms with Gasteiger partial charge in [-0.15, -0.1) is 0 Å². The Hall–Kier alpha value is -3.64. The molecule has 0 radical (unpaired) electrons. The number of fused-ring (bicyclic) bond motifs is 1. The first-order chi connectivity index (χ1) is 14.2. The smallest absolute Gasteiger partial charge is 0.238 e. The number of nitrogens with one attached hydrogen (secondary N) is 2. The molecule has 6 nitrogen and oxygen atoms in total. The number of rotatable bonds is 7. The molecule has 0 unspecified atom stereocenters. The average molecular weight is 388 g/mol. The van der Waals surface area contributed by atoms with E-state index in [-0.39, 0.29) is 25.0 Å². The summed E-state index contributed by atoms with van der Waals surface area (Å²) in [7, 11) is 0. The fraction of sp³-hybridized carbons (Fsp3) is 0.130. The van der Waals surface area contributed by atoms with Gasteiger partial charge in [-0.05, 0) is 29.8 Å². The van der Waals surface area contributed by atoms with Crippen molar-refractivity contribution in [3.05, 3.63) is 89.5 Å².